The molecule has 12 heteroatoms. The lowest BCUT2D eigenvalue weighted by Crippen LogP contribution is -2.13. The van der Waals surface area contributed by atoms with Gasteiger partial charge in [0.25, 0.3) is 15.9 Å². The van der Waals surface area contributed by atoms with Crippen LogP contribution < -0.4 is 18.9 Å². The van der Waals surface area contributed by atoms with E-state index in [0.29, 0.717) is 11.5 Å². The zero-order chi connectivity index (χ0) is 24.0. The molecule has 1 aromatic carbocycles. The van der Waals surface area contributed by atoms with E-state index in [-0.39, 0.29) is 29.1 Å². The maximum Gasteiger partial charge on any atom is 0.263 e. The molecule has 0 aliphatic rings. The van der Waals surface area contributed by atoms with Crippen molar-refractivity contribution in [3.05, 3.63) is 70.5 Å². The van der Waals surface area contributed by atoms with Gasteiger partial charge in [-0.1, -0.05) is 18.2 Å². The van der Waals surface area contributed by atoms with Crippen molar-refractivity contribution < 1.29 is 22.6 Å². The monoisotopic (exact) mass is 497 g/mol. The molecule has 4 aromatic rings. The van der Waals surface area contributed by atoms with Crippen LogP contribution in [0.1, 0.15) is 4.88 Å². The molecule has 0 amide bonds. The Morgan fingerprint density at radius 1 is 0.912 bits per heavy atom. The summed E-state index contributed by atoms with van der Waals surface area (Å²) in [6.45, 7) is 0. The molecule has 0 aliphatic carbocycles. The predicted octanol–water partition coefficient (Wildman–Crippen LogP) is 4.22. The summed E-state index contributed by atoms with van der Waals surface area (Å²) >= 11 is 1.40. The summed E-state index contributed by atoms with van der Waals surface area (Å²) in [7, 11) is -1.12. The average Bonchev–Trinajstić information content (AvgIpc) is 3.38. The Morgan fingerprint density at radius 2 is 1.68 bits per heavy atom. The molecule has 0 saturated carbocycles. The van der Waals surface area contributed by atoms with E-state index < -0.39 is 10.0 Å². The molecule has 4 rings (SSSR count). The number of hydrogen-bond acceptors (Lipinski definition) is 10. The normalized spacial score (nSPS) is 11.4. The molecule has 0 fully saturated rings. The molecule has 3 aromatic heterocycles. The van der Waals surface area contributed by atoms with E-state index >= 15 is 0 Å². The standard InChI is InChI=1S/C22H19N5O5S2/c1-30-16-8-3-4-9-17(16)32-18-19(27-34(28,29)14-10-15-7-5-13-33-15)25-21(26-22(18)31-2)20-23-11-6-12-24-20/h3-14H,1-2H3,(H,25,26,27)/b14-10+. The summed E-state index contributed by atoms with van der Waals surface area (Å²) < 4.78 is 44.9. The number of aromatic nitrogens is 4. The number of rotatable bonds is 9. The van der Waals surface area contributed by atoms with Gasteiger partial charge in [0.05, 0.1) is 19.6 Å². The average molecular weight is 498 g/mol. The second-order valence-corrected chi connectivity index (χ2v) is 9.07. The summed E-state index contributed by atoms with van der Waals surface area (Å²) in [5, 5.41) is 2.89. The van der Waals surface area contributed by atoms with Crippen LogP contribution in [0.2, 0.25) is 0 Å². The van der Waals surface area contributed by atoms with Crippen molar-refractivity contribution in [2.24, 2.45) is 0 Å². The van der Waals surface area contributed by atoms with Crippen LogP contribution >= 0.6 is 11.3 Å². The van der Waals surface area contributed by atoms with E-state index in [4.69, 9.17) is 14.2 Å². The molecule has 0 bridgehead atoms. The van der Waals surface area contributed by atoms with Crippen LogP contribution in [-0.4, -0.2) is 42.6 Å². The summed E-state index contributed by atoms with van der Waals surface area (Å²) in [6.07, 6.45) is 4.52. The molecule has 0 atom stereocenters. The van der Waals surface area contributed by atoms with E-state index in [1.54, 1.807) is 36.4 Å². The van der Waals surface area contributed by atoms with E-state index in [2.05, 4.69) is 24.7 Å². The fraction of sp³-hybridized carbons (Fsp3) is 0.0909. The van der Waals surface area contributed by atoms with Gasteiger partial charge in [-0.2, -0.15) is 4.98 Å². The number of sulfonamides is 1. The third kappa shape index (κ3) is 5.47. The SMILES string of the molecule is COc1ccccc1Oc1c(NS(=O)(=O)/C=C/c2cccs2)nc(-c2ncccn2)nc1OC. The third-order valence-corrected chi connectivity index (χ3v) is 6.08. The molecule has 3 heterocycles. The number of nitrogens with one attached hydrogen (secondary N) is 1. The van der Waals surface area contributed by atoms with Crippen molar-refractivity contribution in [3.63, 3.8) is 0 Å². The Kier molecular flexibility index (Phi) is 6.99. The third-order valence-electron chi connectivity index (χ3n) is 4.27. The highest BCUT2D eigenvalue weighted by molar-refractivity contribution is 7.95. The molecule has 0 aliphatic heterocycles. The second kappa shape index (κ2) is 10.3. The van der Waals surface area contributed by atoms with E-state index in [1.807, 2.05) is 11.4 Å². The number of thiophene rings is 1. The highest BCUT2D eigenvalue weighted by atomic mass is 32.2. The molecule has 0 saturated heterocycles. The molecule has 34 heavy (non-hydrogen) atoms. The van der Waals surface area contributed by atoms with Crippen LogP contribution in [0.5, 0.6) is 23.1 Å². The minimum Gasteiger partial charge on any atom is -0.493 e. The van der Waals surface area contributed by atoms with Crippen molar-refractivity contribution in [3.8, 4) is 34.8 Å². The van der Waals surface area contributed by atoms with Crippen molar-refractivity contribution in [2.75, 3.05) is 18.9 Å². The lowest BCUT2D eigenvalue weighted by atomic mass is 10.3. The molecule has 0 unspecified atom stereocenters. The topological polar surface area (TPSA) is 125 Å². The number of para-hydroxylation sites is 2. The zero-order valence-electron chi connectivity index (χ0n) is 18.1. The van der Waals surface area contributed by atoms with Crippen LogP contribution in [0.15, 0.2) is 65.6 Å². The summed E-state index contributed by atoms with van der Waals surface area (Å²) in [6, 6.07) is 12.1. The Balaban J connectivity index is 1.80. The molecule has 0 spiro atoms. The molecule has 0 radical (unpaired) electrons. The van der Waals surface area contributed by atoms with Crippen molar-refractivity contribution in [2.45, 2.75) is 0 Å². The maximum absolute atomic E-state index is 12.9. The van der Waals surface area contributed by atoms with Gasteiger partial charge in [0.2, 0.25) is 11.6 Å². The van der Waals surface area contributed by atoms with Crippen LogP contribution in [0.25, 0.3) is 17.7 Å². The number of ether oxygens (including phenoxy) is 3. The first-order chi connectivity index (χ1) is 16.5. The van der Waals surface area contributed by atoms with Crippen molar-refractivity contribution >= 4 is 33.3 Å². The number of anilines is 1. The highest BCUT2D eigenvalue weighted by Gasteiger charge is 2.23. The lowest BCUT2D eigenvalue weighted by molar-refractivity contribution is 0.348. The Morgan fingerprint density at radius 3 is 2.35 bits per heavy atom. The first kappa shape index (κ1) is 23.1. The first-order valence-electron chi connectivity index (χ1n) is 9.78. The number of benzene rings is 1. The van der Waals surface area contributed by atoms with Gasteiger partial charge >= 0.3 is 0 Å². The smallest absolute Gasteiger partial charge is 0.263 e. The number of nitrogens with zero attached hydrogens (tertiary/aromatic N) is 4. The molecule has 1 N–H and O–H groups in total. The highest BCUT2D eigenvalue weighted by Crippen LogP contribution is 2.40. The van der Waals surface area contributed by atoms with Gasteiger partial charge < -0.3 is 14.2 Å². The molecular formula is C22H19N5O5S2. The van der Waals surface area contributed by atoms with Gasteiger partial charge in [-0.3, -0.25) is 4.72 Å². The summed E-state index contributed by atoms with van der Waals surface area (Å²) in [5.74, 6) is 0.722. The molecule has 10 nitrogen and oxygen atoms in total. The van der Waals surface area contributed by atoms with Gasteiger partial charge in [0.1, 0.15) is 0 Å². The van der Waals surface area contributed by atoms with Gasteiger partial charge in [0.15, 0.2) is 23.1 Å². The zero-order valence-corrected chi connectivity index (χ0v) is 19.7. The fourth-order valence-corrected chi connectivity index (χ4v) is 4.27. The van der Waals surface area contributed by atoms with Crippen LogP contribution in [0, 0.1) is 0 Å². The molecule has 174 valence electrons. The first-order valence-corrected chi connectivity index (χ1v) is 12.2. The Labute approximate surface area is 200 Å². The summed E-state index contributed by atoms with van der Waals surface area (Å²) in [4.78, 5) is 17.7. The lowest BCUT2D eigenvalue weighted by Gasteiger charge is -2.16. The number of methoxy groups -OCH3 is 2. The van der Waals surface area contributed by atoms with Crippen molar-refractivity contribution in [1.82, 2.24) is 19.9 Å². The van der Waals surface area contributed by atoms with Crippen LogP contribution in [0.4, 0.5) is 5.82 Å². The van der Waals surface area contributed by atoms with Crippen molar-refractivity contribution in [1.29, 1.82) is 0 Å². The Bertz CT molecular complexity index is 1390. The van der Waals surface area contributed by atoms with Crippen LogP contribution in [0.3, 0.4) is 0 Å². The van der Waals surface area contributed by atoms with E-state index in [9.17, 15) is 8.42 Å². The number of hydrogen-bond donors (Lipinski definition) is 1. The minimum atomic E-state index is -3.99. The van der Waals surface area contributed by atoms with Gasteiger partial charge in [-0.25, -0.2) is 23.4 Å². The van der Waals surface area contributed by atoms with Gasteiger partial charge in [0, 0.05) is 17.3 Å². The summed E-state index contributed by atoms with van der Waals surface area (Å²) in [5.41, 5.74) is 0. The second-order valence-electron chi connectivity index (χ2n) is 6.52. The van der Waals surface area contributed by atoms with Gasteiger partial charge in [-0.15, -0.1) is 11.3 Å². The van der Waals surface area contributed by atoms with Crippen LogP contribution in [-0.2, 0) is 10.0 Å². The predicted molar refractivity (Wildman–Crippen MR) is 129 cm³/mol. The van der Waals surface area contributed by atoms with Gasteiger partial charge in [-0.05, 0) is 35.7 Å². The fourth-order valence-electron chi connectivity index (χ4n) is 2.77. The quantitative estimate of drug-likeness (QED) is 0.362. The largest absolute Gasteiger partial charge is 0.493 e. The Hall–Kier alpha value is -4.03. The molecular weight excluding hydrogens is 478 g/mol. The van der Waals surface area contributed by atoms with E-state index in [1.165, 1.54) is 44.0 Å². The van der Waals surface area contributed by atoms with E-state index in [0.717, 1.165) is 10.3 Å². The maximum atomic E-state index is 12.9. The minimum absolute atomic E-state index is 0.0247.